The summed E-state index contributed by atoms with van der Waals surface area (Å²) in [5.74, 6) is 6.56. The molecule has 9 heteroatoms. The zero-order valence-electron chi connectivity index (χ0n) is 9.84. The number of benzene rings is 1. The smallest absolute Gasteiger partial charge is 0.263 e. The highest BCUT2D eigenvalue weighted by molar-refractivity contribution is 9.11. The quantitative estimate of drug-likeness (QED) is 0.474. The van der Waals surface area contributed by atoms with Gasteiger partial charge in [0.25, 0.3) is 5.95 Å². The van der Waals surface area contributed by atoms with Crippen LogP contribution in [0.4, 0.5) is 5.95 Å². The van der Waals surface area contributed by atoms with Crippen molar-refractivity contribution in [3.63, 3.8) is 0 Å². The monoisotopic (exact) mass is 388 g/mol. The first-order valence-corrected chi connectivity index (χ1v) is 6.67. The van der Waals surface area contributed by atoms with Gasteiger partial charge in [-0.2, -0.15) is 5.10 Å². The molecule has 0 aliphatic heterocycles. The van der Waals surface area contributed by atoms with Crippen LogP contribution in [0.25, 0.3) is 0 Å². The highest BCUT2D eigenvalue weighted by Crippen LogP contribution is 2.31. The Labute approximate surface area is 126 Å². The van der Waals surface area contributed by atoms with E-state index in [1.54, 1.807) is 13.3 Å². The zero-order valence-corrected chi connectivity index (χ0v) is 13.0. The van der Waals surface area contributed by atoms with Crippen LogP contribution in [0.15, 0.2) is 32.5 Å². The number of nitrogen functional groups attached to an aromatic ring is 1. The molecule has 0 amide bonds. The summed E-state index contributed by atoms with van der Waals surface area (Å²) in [6.07, 6.45) is 2.97. The van der Waals surface area contributed by atoms with E-state index in [1.165, 1.54) is 11.0 Å². The molecule has 3 N–H and O–H groups in total. The fraction of sp³-hybridized carbons (Fsp3) is 0.100. The molecule has 0 aliphatic carbocycles. The molecule has 2 rings (SSSR count). The number of hydrogen-bond acceptors (Lipinski definition) is 6. The molecule has 0 saturated heterocycles. The van der Waals surface area contributed by atoms with Crippen LogP contribution in [0.2, 0.25) is 0 Å². The summed E-state index contributed by atoms with van der Waals surface area (Å²) in [5, 5.41) is 11.4. The molecule has 100 valence electrons. The van der Waals surface area contributed by atoms with E-state index in [1.807, 2.05) is 12.1 Å². The summed E-state index contributed by atoms with van der Waals surface area (Å²) in [5.41, 5.74) is 3.47. The van der Waals surface area contributed by atoms with Gasteiger partial charge in [0.1, 0.15) is 12.1 Å². The van der Waals surface area contributed by atoms with Crippen molar-refractivity contribution in [1.82, 2.24) is 14.9 Å². The third-order valence-corrected chi connectivity index (χ3v) is 3.23. The number of ether oxygens (including phenoxy) is 1. The van der Waals surface area contributed by atoms with Crippen molar-refractivity contribution in [2.75, 3.05) is 18.4 Å². The maximum Gasteiger partial charge on any atom is 0.263 e. The van der Waals surface area contributed by atoms with Crippen molar-refractivity contribution in [2.45, 2.75) is 0 Å². The molecule has 0 spiro atoms. The van der Waals surface area contributed by atoms with Crippen LogP contribution in [0.1, 0.15) is 5.56 Å². The molecule has 2 aromatic rings. The van der Waals surface area contributed by atoms with Gasteiger partial charge in [0.15, 0.2) is 0 Å². The number of nitrogens with zero attached hydrogens (tertiary/aromatic N) is 4. The van der Waals surface area contributed by atoms with Crippen LogP contribution in [0, 0.1) is 0 Å². The predicted octanol–water partition coefficient (Wildman–Crippen LogP) is 1.97. The minimum absolute atomic E-state index is 0.337. The lowest BCUT2D eigenvalue weighted by Crippen LogP contribution is -2.10. The number of methoxy groups -OCH3 is 1. The molecule has 19 heavy (non-hydrogen) atoms. The van der Waals surface area contributed by atoms with Crippen molar-refractivity contribution in [3.05, 3.63) is 33.0 Å². The van der Waals surface area contributed by atoms with Crippen molar-refractivity contribution in [2.24, 2.45) is 5.10 Å². The van der Waals surface area contributed by atoms with Gasteiger partial charge in [-0.3, -0.25) is 0 Å². The highest BCUT2D eigenvalue weighted by atomic mass is 79.9. The van der Waals surface area contributed by atoms with Gasteiger partial charge >= 0.3 is 0 Å². The first kappa shape index (κ1) is 13.8. The lowest BCUT2D eigenvalue weighted by molar-refractivity contribution is 0.411. The first-order chi connectivity index (χ1) is 9.11. The average Bonchev–Trinajstić information content (AvgIpc) is 2.75. The van der Waals surface area contributed by atoms with Crippen molar-refractivity contribution in [3.8, 4) is 5.75 Å². The second kappa shape index (κ2) is 6.02. The van der Waals surface area contributed by atoms with E-state index in [0.29, 0.717) is 11.7 Å². The Kier molecular flexibility index (Phi) is 4.38. The first-order valence-electron chi connectivity index (χ1n) is 5.09. The standard InChI is InChI=1S/C10H10Br2N6O/c1-19-9-6(2-7(11)3-8(9)12)4-14-16-10-17-15-5-18(10)13/h2-5H,13H2,1H3,(H,16,17)/b14-4-. The van der Waals surface area contributed by atoms with Crippen molar-refractivity contribution in [1.29, 1.82) is 0 Å². The highest BCUT2D eigenvalue weighted by Gasteiger charge is 2.07. The second-order valence-corrected chi connectivity index (χ2v) is 5.21. The van der Waals surface area contributed by atoms with E-state index >= 15 is 0 Å². The van der Waals surface area contributed by atoms with Gasteiger partial charge in [-0.1, -0.05) is 15.9 Å². The van der Waals surface area contributed by atoms with Gasteiger partial charge in [-0.15, -0.1) is 10.2 Å². The van der Waals surface area contributed by atoms with Crippen LogP contribution >= 0.6 is 31.9 Å². The van der Waals surface area contributed by atoms with Gasteiger partial charge in [-0.05, 0) is 28.1 Å². The van der Waals surface area contributed by atoms with Crippen molar-refractivity contribution < 1.29 is 4.74 Å². The third kappa shape index (κ3) is 3.24. The Morgan fingerprint density at radius 2 is 2.26 bits per heavy atom. The molecule has 0 atom stereocenters. The Morgan fingerprint density at radius 3 is 2.89 bits per heavy atom. The third-order valence-electron chi connectivity index (χ3n) is 2.18. The molecule has 0 radical (unpaired) electrons. The SMILES string of the molecule is COc1c(Br)cc(Br)cc1/C=N\Nc1nncn1N. The van der Waals surface area contributed by atoms with E-state index < -0.39 is 0 Å². The number of aromatic nitrogens is 3. The Hall–Kier alpha value is -1.61. The molecule has 0 unspecified atom stereocenters. The fourth-order valence-electron chi connectivity index (χ4n) is 1.37. The summed E-state index contributed by atoms with van der Waals surface area (Å²) in [6.45, 7) is 0. The number of nitrogens with one attached hydrogen (secondary N) is 1. The second-order valence-electron chi connectivity index (χ2n) is 3.44. The molecular weight excluding hydrogens is 380 g/mol. The Balaban J connectivity index is 2.21. The van der Waals surface area contributed by atoms with Crippen LogP contribution in [-0.4, -0.2) is 28.2 Å². The fourth-order valence-corrected chi connectivity index (χ4v) is 2.79. The molecule has 0 bridgehead atoms. The van der Waals surface area contributed by atoms with Gasteiger partial charge in [0.2, 0.25) is 0 Å². The summed E-state index contributed by atoms with van der Waals surface area (Å²) < 4.78 is 8.26. The maximum absolute atomic E-state index is 5.54. The molecule has 1 heterocycles. The van der Waals surface area contributed by atoms with Crippen LogP contribution in [0.5, 0.6) is 5.75 Å². The van der Waals surface area contributed by atoms with E-state index in [2.05, 4.69) is 52.6 Å². The van der Waals surface area contributed by atoms with E-state index in [0.717, 1.165) is 14.5 Å². The molecular formula is C10H10Br2N6O. The Morgan fingerprint density at radius 1 is 1.47 bits per heavy atom. The van der Waals surface area contributed by atoms with E-state index in [-0.39, 0.29) is 0 Å². The summed E-state index contributed by atoms with van der Waals surface area (Å²) in [6, 6.07) is 3.77. The number of hydrogen-bond donors (Lipinski definition) is 2. The number of halogens is 2. The van der Waals surface area contributed by atoms with Crippen LogP contribution in [-0.2, 0) is 0 Å². The minimum atomic E-state index is 0.337. The normalized spacial score (nSPS) is 10.9. The van der Waals surface area contributed by atoms with Gasteiger partial charge in [0, 0.05) is 10.0 Å². The largest absolute Gasteiger partial charge is 0.495 e. The number of anilines is 1. The summed E-state index contributed by atoms with van der Waals surface area (Å²) >= 11 is 6.82. The van der Waals surface area contributed by atoms with E-state index in [4.69, 9.17) is 10.6 Å². The zero-order chi connectivity index (χ0) is 13.8. The maximum atomic E-state index is 5.54. The molecule has 0 aliphatic rings. The van der Waals surface area contributed by atoms with Gasteiger partial charge < -0.3 is 10.6 Å². The molecule has 1 aromatic heterocycles. The number of hydrazone groups is 1. The van der Waals surface area contributed by atoms with Crippen LogP contribution in [0.3, 0.4) is 0 Å². The molecule has 0 fully saturated rings. The number of rotatable bonds is 4. The average molecular weight is 390 g/mol. The minimum Gasteiger partial charge on any atom is -0.495 e. The topological polar surface area (TPSA) is 90.3 Å². The number of nitrogens with two attached hydrogens (primary N) is 1. The Bertz CT molecular complexity index is 612. The van der Waals surface area contributed by atoms with E-state index in [9.17, 15) is 0 Å². The van der Waals surface area contributed by atoms with Crippen molar-refractivity contribution >= 4 is 44.0 Å². The summed E-state index contributed by atoms with van der Waals surface area (Å²) in [4.78, 5) is 0. The van der Waals surface area contributed by atoms with Gasteiger partial charge in [0.05, 0.1) is 17.8 Å². The predicted molar refractivity (Wildman–Crippen MR) is 79.8 cm³/mol. The molecule has 0 saturated carbocycles. The lowest BCUT2D eigenvalue weighted by atomic mass is 10.2. The summed E-state index contributed by atoms with van der Waals surface area (Å²) in [7, 11) is 1.59. The lowest BCUT2D eigenvalue weighted by Gasteiger charge is -2.07. The molecule has 7 nitrogen and oxygen atoms in total. The van der Waals surface area contributed by atoms with Crippen LogP contribution < -0.4 is 16.0 Å². The molecule has 1 aromatic carbocycles. The van der Waals surface area contributed by atoms with Gasteiger partial charge in [-0.25, -0.2) is 10.1 Å².